The van der Waals surface area contributed by atoms with Gasteiger partial charge in [0.05, 0.1) is 13.2 Å². The average molecular weight is 292 g/mol. The first-order valence-electron chi connectivity index (χ1n) is 8.76. The minimum absolute atomic E-state index is 0.233. The SMILES string of the molecule is CC/C=C(\C=C(\C)C(C)CC)C1CCC2(CC1)OCCO2. The Kier molecular flexibility index (Phi) is 6.07. The topological polar surface area (TPSA) is 18.5 Å². The van der Waals surface area contributed by atoms with Gasteiger partial charge in [0.2, 0.25) is 0 Å². The van der Waals surface area contributed by atoms with Crippen molar-refractivity contribution in [1.82, 2.24) is 0 Å². The van der Waals surface area contributed by atoms with Crippen molar-refractivity contribution in [1.29, 1.82) is 0 Å². The number of allylic oxidation sites excluding steroid dienone is 4. The normalized spacial score (nSPS) is 25.5. The Morgan fingerprint density at radius 2 is 1.81 bits per heavy atom. The Balaban J connectivity index is 2.02. The lowest BCUT2D eigenvalue weighted by molar-refractivity contribution is -0.180. The molecule has 0 aromatic carbocycles. The van der Waals surface area contributed by atoms with E-state index in [-0.39, 0.29) is 5.79 Å². The molecule has 1 saturated carbocycles. The molecule has 1 aliphatic heterocycles. The summed E-state index contributed by atoms with van der Waals surface area (Å²) in [5.74, 6) is 1.13. The van der Waals surface area contributed by atoms with E-state index >= 15 is 0 Å². The van der Waals surface area contributed by atoms with Gasteiger partial charge in [0.15, 0.2) is 5.79 Å². The highest BCUT2D eigenvalue weighted by Gasteiger charge is 2.40. The summed E-state index contributed by atoms with van der Waals surface area (Å²) >= 11 is 0. The molecule has 1 aliphatic carbocycles. The van der Waals surface area contributed by atoms with Crippen molar-refractivity contribution < 1.29 is 9.47 Å². The third-order valence-corrected chi connectivity index (χ3v) is 5.26. The minimum atomic E-state index is -0.233. The van der Waals surface area contributed by atoms with E-state index in [1.54, 1.807) is 5.57 Å². The fraction of sp³-hybridized carbons (Fsp3) is 0.789. The molecule has 1 heterocycles. The zero-order valence-corrected chi connectivity index (χ0v) is 14.3. The summed E-state index contributed by atoms with van der Waals surface area (Å²) in [6.07, 6.45) is 11.7. The first-order chi connectivity index (χ1) is 10.1. The van der Waals surface area contributed by atoms with Crippen LogP contribution in [-0.2, 0) is 9.47 Å². The zero-order valence-electron chi connectivity index (χ0n) is 14.3. The molecule has 2 aliphatic rings. The Bertz CT molecular complexity index is 378. The van der Waals surface area contributed by atoms with Crippen LogP contribution in [0.5, 0.6) is 0 Å². The Labute approximate surface area is 130 Å². The highest BCUT2D eigenvalue weighted by atomic mass is 16.7. The fourth-order valence-corrected chi connectivity index (χ4v) is 3.48. The predicted molar refractivity (Wildman–Crippen MR) is 88.2 cm³/mol. The van der Waals surface area contributed by atoms with Crippen molar-refractivity contribution in [2.45, 2.75) is 72.0 Å². The van der Waals surface area contributed by atoms with Gasteiger partial charge in [-0.25, -0.2) is 0 Å². The van der Waals surface area contributed by atoms with Crippen LogP contribution in [0.3, 0.4) is 0 Å². The van der Waals surface area contributed by atoms with E-state index in [1.807, 2.05) is 0 Å². The third kappa shape index (κ3) is 4.20. The molecule has 1 saturated heterocycles. The lowest BCUT2D eigenvalue weighted by Crippen LogP contribution is -2.35. The molecule has 0 amide bonds. The van der Waals surface area contributed by atoms with Gasteiger partial charge in [-0.2, -0.15) is 0 Å². The van der Waals surface area contributed by atoms with Gasteiger partial charge >= 0.3 is 0 Å². The minimum Gasteiger partial charge on any atom is -0.348 e. The molecular weight excluding hydrogens is 260 g/mol. The number of rotatable bonds is 5. The van der Waals surface area contributed by atoms with Crippen LogP contribution in [0, 0.1) is 11.8 Å². The first-order valence-corrected chi connectivity index (χ1v) is 8.76. The van der Waals surface area contributed by atoms with Gasteiger partial charge in [-0.05, 0) is 50.0 Å². The van der Waals surface area contributed by atoms with Crippen LogP contribution in [0.1, 0.15) is 66.2 Å². The summed E-state index contributed by atoms with van der Waals surface area (Å²) in [4.78, 5) is 0. The molecule has 0 aromatic heterocycles. The van der Waals surface area contributed by atoms with Crippen LogP contribution in [0.4, 0.5) is 0 Å². The maximum atomic E-state index is 5.85. The van der Waals surface area contributed by atoms with Gasteiger partial charge in [0, 0.05) is 12.8 Å². The Morgan fingerprint density at radius 3 is 2.33 bits per heavy atom. The van der Waals surface area contributed by atoms with Gasteiger partial charge < -0.3 is 9.47 Å². The number of hydrogen-bond donors (Lipinski definition) is 0. The monoisotopic (exact) mass is 292 g/mol. The molecule has 21 heavy (non-hydrogen) atoms. The van der Waals surface area contributed by atoms with Crippen molar-refractivity contribution >= 4 is 0 Å². The summed E-state index contributed by atoms with van der Waals surface area (Å²) < 4.78 is 11.7. The fourth-order valence-electron chi connectivity index (χ4n) is 3.48. The quantitative estimate of drug-likeness (QED) is 0.644. The van der Waals surface area contributed by atoms with Crippen LogP contribution in [0.25, 0.3) is 0 Å². The maximum absolute atomic E-state index is 5.85. The second kappa shape index (κ2) is 7.60. The van der Waals surface area contributed by atoms with E-state index in [2.05, 4.69) is 39.8 Å². The van der Waals surface area contributed by atoms with E-state index in [0.717, 1.165) is 32.5 Å². The van der Waals surface area contributed by atoms with Gasteiger partial charge in [-0.3, -0.25) is 0 Å². The highest BCUT2D eigenvalue weighted by Crippen LogP contribution is 2.41. The third-order valence-electron chi connectivity index (χ3n) is 5.26. The zero-order chi connectivity index (χ0) is 15.3. The predicted octanol–water partition coefficient (Wildman–Crippen LogP) is 5.25. The Morgan fingerprint density at radius 1 is 1.19 bits per heavy atom. The first kappa shape index (κ1) is 16.8. The van der Waals surface area contributed by atoms with Crippen molar-refractivity contribution in [3.05, 3.63) is 23.3 Å². The molecule has 2 nitrogen and oxygen atoms in total. The van der Waals surface area contributed by atoms with Crippen molar-refractivity contribution in [2.24, 2.45) is 11.8 Å². The van der Waals surface area contributed by atoms with E-state index < -0.39 is 0 Å². The van der Waals surface area contributed by atoms with Gasteiger partial charge in [-0.15, -0.1) is 0 Å². The van der Waals surface area contributed by atoms with Crippen LogP contribution in [0.2, 0.25) is 0 Å². The van der Waals surface area contributed by atoms with E-state index in [4.69, 9.17) is 9.47 Å². The smallest absolute Gasteiger partial charge is 0.168 e. The summed E-state index contributed by atoms with van der Waals surface area (Å²) in [6, 6.07) is 0. The average Bonchev–Trinajstić information content (AvgIpc) is 2.95. The molecule has 0 aromatic rings. The lowest BCUT2D eigenvalue weighted by atomic mass is 9.79. The Hall–Kier alpha value is -0.600. The van der Waals surface area contributed by atoms with Crippen molar-refractivity contribution in [3.8, 4) is 0 Å². The molecule has 2 fully saturated rings. The second-order valence-electron chi connectivity index (χ2n) is 6.69. The van der Waals surface area contributed by atoms with E-state index in [9.17, 15) is 0 Å². The molecule has 1 spiro atoms. The standard InChI is InChI=1S/C19H32O2/c1-5-7-18(14-16(4)15(3)6-2)17-8-10-19(11-9-17)20-12-13-21-19/h7,14-15,17H,5-6,8-13H2,1-4H3/b16-14-,18-7+. The van der Waals surface area contributed by atoms with Gasteiger partial charge in [-0.1, -0.05) is 38.5 Å². The van der Waals surface area contributed by atoms with Crippen molar-refractivity contribution in [2.75, 3.05) is 13.2 Å². The summed E-state index contributed by atoms with van der Waals surface area (Å²) in [7, 11) is 0. The number of hydrogen-bond acceptors (Lipinski definition) is 2. The second-order valence-corrected chi connectivity index (χ2v) is 6.69. The molecule has 120 valence electrons. The van der Waals surface area contributed by atoms with Crippen molar-refractivity contribution in [3.63, 3.8) is 0 Å². The summed E-state index contributed by atoms with van der Waals surface area (Å²) in [6.45, 7) is 10.7. The van der Waals surface area contributed by atoms with Crippen LogP contribution in [-0.4, -0.2) is 19.0 Å². The summed E-state index contributed by atoms with van der Waals surface area (Å²) in [5, 5.41) is 0. The molecule has 0 bridgehead atoms. The number of ether oxygens (including phenoxy) is 2. The van der Waals surface area contributed by atoms with Gasteiger partial charge in [0.1, 0.15) is 0 Å². The molecular formula is C19H32O2. The van der Waals surface area contributed by atoms with E-state index in [0.29, 0.717) is 11.8 Å². The van der Waals surface area contributed by atoms with Gasteiger partial charge in [0.25, 0.3) is 0 Å². The molecule has 0 N–H and O–H groups in total. The lowest BCUT2D eigenvalue weighted by Gasteiger charge is -2.36. The van der Waals surface area contributed by atoms with Crippen LogP contribution < -0.4 is 0 Å². The van der Waals surface area contributed by atoms with Crippen LogP contribution in [0.15, 0.2) is 23.3 Å². The molecule has 2 rings (SSSR count). The molecule has 2 heteroatoms. The maximum Gasteiger partial charge on any atom is 0.168 e. The molecule has 0 radical (unpaired) electrons. The van der Waals surface area contributed by atoms with Crippen LogP contribution >= 0.6 is 0 Å². The molecule has 1 atom stereocenters. The summed E-state index contributed by atoms with van der Waals surface area (Å²) in [5.41, 5.74) is 3.06. The van der Waals surface area contributed by atoms with E-state index in [1.165, 1.54) is 24.8 Å². The highest BCUT2D eigenvalue weighted by molar-refractivity contribution is 5.27. The molecule has 1 unspecified atom stereocenters. The largest absolute Gasteiger partial charge is 0.348 e.